The van der Waals surface area contributed by atoms with Crippen molar-refractivity contribution in [1.29, 1.82) is 0 Å². The third-order valence-corrected chi connectivity index (χ3v) is 2.66. The number of nitrogens with one attached hydrogen (secondary N) is 1. The Morgan fingerprint density at radius 2 is 1.89 bits per heavy atom. The highest BCUT2D eigenvalue weighted by atomic mass is 16.5. The van der Waals surface area contributed by atoms with Gasteiger partial charge in [0.25, 0.3) is 0 Å². The number of hydrogen-bond donors (Lipinski definition) is 2. The molecule has 4 nitrogen and oxygen atoms in total. The van der Waals surface area contributed by atoms with Crippen LogP contribution in [0.4, 0.5) is 0 Å². The van der Waals surface area contributed by atoms with E-state index in [0.717, 1.165) is 29.1 Å². The quantitative estimate of drug-likeness (QED) is 0.887. The summed E-state index contributed by atoms with van der Waals surface area (Å²) < 4.78 is 5.80. The summed E-state index contributed by atoms with van der Waals surface area (Å²) in [5.74, 6) is 0.868. The lowest BCUT2D eigenvalue weighted by Gasteiger charge is -2.21. The number of ether oxygens (including phenoxy) is 1. The van der Waals surface area contributed by atoms with Crippen molar-refractivity contribution < 1.29 is 4.74 Å². The SMILES string of the molecule is CC(C)(C)Oc1ccc(-c2nc[nH]c2CCN)cc1. The van der Waals surface area contributed by atoms with Crippen molar-refractivity contribution in [1.82, 2.24) is 9.97 Å². The molecule has 1 heterocycles. The summed E-state index contributed by atoms with van der Waals surface area (Å²) in [6, 6.07) is 8.00. The van der Waals surface area contributed by atoms with E-state index >= 15 is 0 Å². The highest BCUT2D eigenvalue weighted by molar-refractivity contribution is 5.62. The van der Waals surface area contributed by atoms with Crippen LogP contribution in [0.5, 0.6) is 5.75 Å². The van der Waals surface area contributed by atoms with Crippen molar-refractivity contribution in [2.24, 2.45) is 5.73 Å². The fourth-order valence-corrected chi connectivity index (χ4v) is 1.94. The summed E-state index contributed by atoms with van der Waals surface area (Å²) in [5.41, 5.74) is 8.53. The minimum Gasteiger partial charge on any atom is -0.488 e. The number of imidazole rings is 1. The second-order valence-corrected chi connectivity index (χ2v) is 5.51. The Bertz CT molecular complexity index is 523. The summed E-state index contributed by atoms with van der Waals surface area (Å²) >= 11 is 0. The molecule has 0 bridgehead atoms. The van der Waals surface area contributed by atoms with E-state index in [1.54, 1.807) is 6.33 Å². The van der Waals surface area contributed by atoms with Gasteiger partial charge in [-0.3, -0.25) is 0 Å². The molecule has 0 fully saturated rings. The van der Waals surface area contributed by atoms with E-state index in [0.29, 0.717) is 6.54 Å². The molecule has 102 valence electrons. The van der Waals surface area contributed by atoms with E-state index in [-0.39, 0.29) is 5.60 Å². The molecular formula is C15H21N3O. The lowest BCUT2D eigenvalue weighted by Crippen LogP contribution is -2.22. The fraction of sp³-hybridized carbons (Fsp3) is 0.400. The van der Waals surface area contributed by atoms with Crippen LogP contribution in [0.2, 0.25) is 0 Å². The van der Waals surface area contributed by atoms with Crippen molar-refractivity contribution >= 4 is 0 Å². The van der Waals surface area contributed by atoms with E-state index in [1.165, 1.54) is 0 Å². The molecule has 0 saturated heterocycles. The Hall–Kier alpha value is -1.81. The lowest BCUT2D eigenvalue weighted by molar-refractivity contribution is 0.131. The molecule has 0 amide bonds. The number of nitrogens with two attached hydrogens (primary N) is 1. The molecule has 2 rings (SSSR count). The topological polar surface area (TPSA) is 63.9 Å². The standard InChI is InChI=1S/C15H21N3O/c1-15(2,3)19-12-6-4-11(5-7-12)14-13(8-9-16)17-10-18-14/h4-7,10H,8-9,16H2,1-3H3,(H,17,18). The first kappa shape index (κ1) is 13.6. The lowest BCUT2D eigenvalue weighted by atomic mass is 10.1. The van der Waals surface area contributed by atoms with Crippen LogP contribution in [0.1, 0.15) is 26.5 Å². The third kappa shape index (κ3) is 3.58. The summed E-state index contributed by atoms with van der Waals surface area (Å²) in [6.45, 7) is 6.72. The molecule has 0 unspecified atom stereocenters. The Balaban J connectivity index is 2.20. The molecule has 4 heteroatoms. The Morgan fingerprint density at radius 3 is 2.47 bits per heavy atom. The molecule has 1 aromatic heterocycles. The summed E-state index contributed by atoms with van der Waals surface area (Å²) in [7, 11) is 0. The molecule has 2 aromatic rings. The van der Waals surface area contributed by atoms with Crippen molar-refractivity contribution in [2.45, 2.75) is 32.8 Å². The van der Waals surface area contributed by atoms with Gasteiger partial charge in [0.1, 0.15) is 11.4 Å². The first-order valence-corrected chi connectivity index (χ1v) is 6.51. The van der Waals surface area contributed by atoms with Crippen LogP contribution in [0.25, 0.3) is 11.3 Å². The normalized spacial score (nSPS) is 11.6. The first-order valence-electron chi connectivity index (χ1n) is 6.51. The Kier molecular flexibility index (Phi) is 3.90. The van der Waals surface area contributed by atoms with Gasteiger partial charge in [0, 0.05) is 17.7 Å². The number of benzene rings is 1. The average Bonchev–Trinajstić information content (AvgIpc) is 2.77. The van der Waals surface area contributed by atoms with E-state index in [2.05, 4.69) is 9.97 Å². The highest BCUT2D eigenvalue weighted by Gasteiger charge is 2.12. The summed E-state index contributed by atoms with van der Waals surface area (Å²) in [6.07, 6.45) is 2.51. The van der Waals surface area contributed by atoms with Gasteiger partial charge in [-0.1, -0.05) is 0 Å². The van der Waals surface area contributed by atoms with Gasteiger partial charge in [-0.25, -0.2) is 4.98 Å². The first-order chi connectivity index (χ1) is 8.99. The van der Waals surface area contributed by atoms with Gasteiger partial charge < -0.3 is 15.5 Å². The predicted octanol–water partition coefficient (Wildman–Crippen LogP) is 2.76. The maximum absolute atomic E-state index is 5.80. The number of rotatable bonds is 4. The Labute approximate surface area is 114 Å². The second kappa shape index (κ2) is 5.45. The zero-order valence-corrected chi connectivity index (χ0v) is 11.7. The minimum absolute atomic E-state index is 0.182. The molecular weight excluding hydrogens is 238 g/mol. The maximum atomic E-state index is 5.80. The van der Waals surface area contributed by atoms with Crippen LogP contribution in [0, 0.1) is 0 Å². The number of aromatic amines is 1. The van der Waals surface area contributed by atoms with Gasteiger partial charge in [-0.15, -0.1) is 0 Å². The van der Waals surface area contributed by atoms with Gasteiger partial charge in [-0.2, -0.15) is 0 Å². The average molecular weight is 259 g/mol. The zero-order valence-electron chi connectivity index (χ0n) is 11.7. The van der Waals surface area contributed by atoms with Crippen molar-refractivity contribution in [3.05, 3.63) is 36.3 Å². The molecule has 0 atom stereocenters. The largest absolute Gasteiger partial charge is 0.488 e. The van der Waals surface area contributed by atoms with Gasteiger partial charge in [0.2, 0.25) is 0 Å². The Morgan fingerprint density at radius 1 is 1.21 bits per heavy atom. The predicted molar refractivity (Wildman–Crippen MR) is 77.2 cm³/mol. The molecule has 3 N–H and O–H groups in total. The van der Waals surface area contributed by atoms with Crippen molar-refractivity contribution in [3.63, 3.8) is 0 Å². The monoisotopic (exact) mass is 259 g/mol. The summed E-state index contributed by atoms with van der Waals surface area (Å²) in [5, 5.41) is 0. The van der Waals surface area contributed by atoms with Crippen molar-refractivity contribution in [3.8, 4) is 17.0 Å². The van der Waals surface area contributed by atoms with Gasteiger partial charge in [0.05, 0.1) is 12.0 Å². The van der Waals surface area contributed by atoms with Crippen LogP contribution >= 0.6 is 0 Å². The number of H-pyrrole nitrogens is 1. The second-order valence-electron chi connectivity index (χ2n) is 5.51. The maximum Gasteiger partial charge on any atom is 0.120 e. The number of hydrogen-bond acceptors (Lipinski definition) is 3. The van der Waals surface area contributed by atoms with E-state index in [4.69, 9.17) is 10.5 Å². The van der Waals surface area contributed by atoms with E-state index in [9.17, 15) is 0 Å². The van der Waals surface area contributed by atoms with Crippen LogP contribution in [0.3, 0.4) is 0 Å². The van der Waals surface area contributed by atoms with Crippen LogP contribution < -0.4 is 10.5 Å². The van der Waals surface area contributed by atoms with E-state index in [1.807, 2.05) is 45.0 Å². The highest BCUT2D eigenvalue weighted by Crippen LogP contribution is 2.25. The molecule has 0 aliphatic rings. The van der Waals surface area contributed by atoms with E-state index < -0.39 is 0 Å². The molecule has 0 spiro atoms. The fourth-order valence-electron chi connectivity index (χ4n) is 1.94. The van der Waals surface area contributed by atoms with Gasteiger partial charge in [0.15, 0.2) is 0 Å². The molecule has 19 heavy (non-hydrogen) atoms. The zero-order chi connectivity index (χ0) is 13.9. The van der Waals surface area contributed by atoms with Gasteiger partial charge >= 0.3 is 0 Å². The molecule has 0 radical (unpaired) electrons. The van der Waals surface area contributed by atoms with Crippen LogP contribution in [-0.4, -0.2) is 22.1 Å². The van der Waals surface area contributed by atoms with Crippen molar-refractivity contribution in [2.75, 3.05) is 6.54 Å². The molecule has 0 aliphatic heterocycles. The summed E-state index contributed by atoms with van der Waals surface area (Å²) in [4.78, 5) is 7.49. The molecule has 0 aliphatic carbocycles. The number of aromatic nitrogens is 2. The number of nitrogens with zero attached hydrogens (tertiary/aromatic N) is 1. The van der Waals surface area contributed by atoms with Crippen LogP contribution in [-0.2, 0) is 6.42 Å². The molecule has 1 aromatic carbocycles. The van der Waals surface area contributed by atoms with Crippen LogP contribution in [0.15, 0.2) is 30.6 Å². The smallest absolute Gasteiger partial charge is 0.120 e. The third-order valence-electron chi connectivity index (χ3n) is 2.66. The van der Waals surface area contributed by atoms with Gasteiger partial charge in [-0.05, 0) is 51.6 Å². The minimum atomic E-state index is -0.182. The molecule has 0 saturated carbocycles.